The lowest BCUT2D eigenvalue weighted by atomic mass is 9.99. The van der Waals surface area contributed by atoms with Crippen LogP contribution < -0.4 is 5.32 Å². The van der Waals surface area contributed by atoms with E-state index in [1.165, 1.54) is 96.3 Å². The molecule has 0 spiro atoms. The average Bonchev–Trinajstić information content (AvgIpc) is 3.26. The topological polar surface area (TPSA) is 242 Å². The Morgan fingerprint density at radius 3 is 1.68 bits per heavy atom. The fourth-order valence-electron chi connectivity index (χ4n) is 7.75. The second-order valence-electron chi connectivity index (χ2n) is 17.2. The number of amides is 1. The molecule has 1 heterocycles. The van der Waals surface area contributed by atoms with E-state index >= 15 is 0 Å². The van der Waals surface area contributed by atoms with Crippen LogP contribution in [0.15, 0.2) is 42.5 Å². The first-order valence-electron chi connectivity index (χ1n) is 24.3. The normalized spacial score (nSPS) is 20.2. The van der Waals surface area contributed by atoms with Crippen LogP contribution in [0.2, 0.25) is 0 Å². The molecule has 1 aliphatic rings. The highest BCUT2D eigenvalue weighted by atomic mass is 32.3. The Labute approximate surface area is 389 Å². The van der Waals surface area contributed by atoms with Gasteiger partial charge in [0.2, 0.25) is 5.91 Å². The van der Waals surface area contributed by atoms with Crippen molar-refractivity contribution in [1.29, 1.82) is 0 Å². The van der Waals surface area contributed by atoms with Crippen LogP contribution in [-0.4, -0.2) is 104 Å². The summed E-state index contributed by atoms with van der Waals surface area (Å²) in [5.41, 5.74) is 0.241. The number of aliphatic hydroxyl groups is 2. The summed E-state index contributed by atoms with van der Waals surface area (Å²) in [6.07, 6.45) is 20.8. The van der Waals surface area contributed by atoms with E-state index in [1.54, 1.807) is 36.4 Å². The van der Waals surface area contributed by atoms with Crippen LogP contribution in [0.1, 0.15) is 191 Å². The van der Waals surface area contributed by atoms with Crippen molar-refractivity contribution in [2.75, 3.05) is 13.2 Å². The number of hydrogen-bond donors (Lipinski definition) is 5. The minimum Gasteiger partial charge on any atom is -0.452 e. The number of nitrogens with one attached hydrogen (secondary N) is 1. The fourth-order valence-corrected chi connectivity index (χ4v) is 8.54. The number of carbonyl (C=O) groups excluding carboxylic acids is 2. The molecular weight excluding hydrogens is 883 g/mol. The highest BCUT2D eigenvalue weighted by molar-refractivity contribution is 7.81. The molecule has 0 aromatic heterocycles. The Morgan fingerprint density at radius 1 is 0.692 bits per heavy atom. The Morgan fingerprint density at radius 2 is 1.18 bits per heavy atom. The van der Waals surface area contributed by atoms with Gasteiger partial charge in [-0.2, -0.15) is 16.8 Å². The van der Waals surface area contributed by atoms with Gasteiger partial charge >= 0.3 is 26.8 Å². The standard InChI is InChI=1S/C47H81NO15S2/c1-3-5-7-9-11-13-15-17-19-21-23-25-30-34-40(61-46(52)38-32-28-27-29-33-38)39(48-42(49)35-31-26-24-22-20-18-16-14-12-10-8-6-4-2)36-59-47-45(63-65(56,57)58)44(51)43(50)41(62-47)37-60-64(53,54)55/h27-30,32-34,39-41,43-45,47,50-51H,3-26,31,35-37H2,1-2H3,(H,48,49)(H,53,54,55)(H,56,57,58)/b34-30+/t39-,40+,41+,43-,44-,45+,47-/m0/s1. The van der Waals surface area contributed by atoms with Crippen LogP contribution >= 0.6 is 0 Å². The lowest BCUT2D eigenvalue weighted by molar-refractivity contribution is -0.296. The lowest BCUT2D eigenvalue weighted by Crippen LogP contribution is -2.61. The molecule has 1 saturated heterocycles. The smallest absolute Gasteiger partial charge is 0.397 e. The van der Waals surface area contributed by atoms with Crippen molar-refractivity contribution in [3.63, 3.8) is 0 Å². The van der Waals surface area contributed by atoms with Gasteiger partial charge in [-0.05, 0) is 37.5 Å². The van der Waals surface area contributed by atoms with E-state index in [1.807, 2.05) is 6.08 Å². The number of benzene rings is 1. The molecule has 0 aliphatic carbocycles. The van der Waals surface area contributed by atoms with Crippen LogP contribution in [0, 0.1) is 0 Å². The van der Waals surface area contributed by atoms with Gasteiger partial charge in [0, 0.05) is 6.42 Å². The van der Waals surface area contributed by atoms with Crippen molar-refractivity contribution >= 4 is 32.7 Å². The largest absolute Gasteiger partial charge is 0.452 e. The maximum absolute atomic E-state index is 13.6. The van der Waals surface area contributed by atoms with Gasteiger partial charge in [-0.15, -0.1) is 0 Å². The lowest BCUT2D eigenvalue weighted by Gasteiger charge is -2.41. The van der Waals surface area contributed by atoms with Crippen molar-refractivity contribution in [1.82, 2.24) is 5.32 Å². The summed E-state index contributed by atoms with van der Waals surface area (Å²) in [6, 6.07) is 7.08. The number of hydrogen-bond acceptors (Lipinski definition) is 13. The van der Waals surface area contributed by atoms with Crippen LogP contribution in [-0.2, 0) is 48.2 Å². The highest BCUT2D eigenvalue weighted by Gasteiger charge is 2.48. The predicted molar refractivity (Wildman–Crippen MR) is 249 cm³/mol. The summed E-state index contributed by atoms with van der Waals surface area (Å²) in [7, 11) is -10.3. The van der Waals surface area contributed by atoms with Crippen molar-refractivity contribution in [3.8, 4) is 0 Å². The molecule has 2 rings (SSSR count). The van der Waals surface area contributed by atoms with E-state index in [2.05, 4.69) is 27.5 Å². The number of esters is 1. The zero-order valence-electron chi connectivity index (χ0n) is 39.0. The molecule has 1 fully saturated rings. The molecule has 1 aliphatic heterocycles. The first-order valence-corrected chi connectivity index (χ1v) is 27.0. The molecule has 376 valence electrons. The molecule has 0 bridgehead atoms. The van der Waals surface area contributed by atoms with E-state index < -0.39 is 82.8 Å². The van der Waals surface area contributed by atoms with Gasteiger partial charge in [0.15, 0.2) is 12.4 Å². The van der Waals surface area contributed by atoms with Gasteiger partial charge in [-0.3, -0.25) is 13.9 Å². The predicted octanol–water partition coefficient (Wildman–Crippen LogP) is 8.91. The maximum Gasteiger partial charge on any atom is 0.397 e. The van der Waals surface area contributed by atoms with Gasteiger partial charge in [0.05, 0.1) is 24.8 Å². The number of carbonyl (C=O) groups is 2. The van der Waals surface area contributed by atoms with E-state index in [0.717, 1.165) is 51.4 Å². The minimum atomic E-state index is -5.29. The molecule has 5 N–H and O–H groups in total. The van der Waals surface area contributed by atoms with Crippen LogP contribution in [0.3, 0.4) is 0 Å². The monoisotopic (exact) mass is 964 g/mol. The van der Waals surface area contributed by atoms with E-state index in [-0.39, 0.29) is 17.9 Å². The van der Waals surface area contributed by atoms with Gasteiger partial charge < -0.3 is 29.7 Å². The number of rotatable bonds is 39. The Kier molecular flexibility index (Phi) is 31.3. The summed E-state index contributed by atoms with van der Waals surface area (Å²) in [4.78, 5) is 27.0. The first kappa shape index (κ1) is 58.6. The highest BCUT2D eigenvalue weighted by Crippen LogP contribution is 2.27. The van der Waals surface area contributed by atoms with Crippen LogP contribution in [0.5, 0.6) is 0 Å². The second-order valence-corrected chi connectivity index (χ2v) is 19.4. The number of aliphatic hydroxyl groups excluding tert-OH is 2. The third kappa shape index (κ3) is 28.4. The quantitative estimate of drug-likeness (QED) is 0.0179. The Hall–Kier alpha value is -2.52. The molecule has 1 aromatic rings. The van der Waals surface area contributed by atoms with E-state index in [4.69, 9.17) is 18.8 Å². The zero-order valence-corrected chi connectivity index (χ0v) is 40.6. The van der Waals surface area contributed by atoms with Crippen molar-refractivity contribution in [3.05, 3.63) is 48.0 Å². The summed E-state index contributed by atoms with van der Waals surface area (Å²) in [5.74, 6) is -1.08. The van der Waals surface area contributed by atoms with Gasteiger partial charge in [0.25, 0.3) is 0 Å². The summed E-state index contributed by atoms with van der Waals surface area (Å²) in [6.45, 7) is 2.83. The molecular formula is C47H81NO15S2. The Balaban J connectivity index is 2.21. The van der Waals surface area contributed by atoms with Crippen LogP contribution in [0.25, 0.3) is 0 Å². The first-order chi connectivity index (χ1) is 31.1. The van der Waals surface area contributed by atoms with Gasteiger partial charge in [0.1, 0.15) is 24.4 Å². The minimum absolute atomic E-state index is 0.143. The second kappa shape index (κ2) is 34.7. The SMILES string of the molecule is CCCCCCCCCCCCC/C=C/[C@@H](OC(=O)c1ccccc1)[C@H](CO[C@H]1O[C@H](COS(=O)(=O)O)[C@H](O)[C@H](O)[C@H]1OS(=O)(=O)O)NC(=O)CCCCCCCCCCCCCCC. The van der Waals surface area contributed by atoms with Crippen molar-refractivity contribution < 1.29 is 68.3 Å². The maximum atomic E-state index is 13.6. The number of unbranched alkanes of at least 4 members (excludes halogenated alkanes) is 23. The average molecular weight is 964 g/mol. The fraction of sp³-hybridized carbons (Fsp3) is 0.787. The molecule has 16 nitrogen and oxygen atoms in total. The third-order valence-corrected chi connectivity index (χ3v) is 12.4. The zero-order chi connectivity index (χ0) is 47.8. The summed E-state index contributed by atoms with van der Waals surface area (Å²) < 4.78 is 91.3. The van der Waals surface area contributed by atoms with Crippen molar-refractivity contribution in [2.45, 2.75) is 224 Å². The molecule has 1 amide bonds. The molecule has 1 aromatic carbocycles. The van der Waals surface area contributed by atoms with Gasteiger partial charge in [-0.1, -0.05) is 179 Å². The van der Waals surface area contributed by atoms with Crippen LogP contribution in [0.4, 0.5) is 0 Å². The third-order valence-electron chi connectivity index (χ3n) is 11.5. The van der Waals surface area contributed by atoms with Gasteiger partial charge in [-0.25, -0.2) is 13.2 Å². The summed E-state index contributed by atoms with van der Waals surface area (Å²) in [5, 5.41) is 24.3. The molecule has 65 heavy (non-hydrogen) atoms. The van der Waals surface area contributed by atoms with E-state index in [9.17, 15) is 41.2 Å². The molecule has 0 unspecified atom stereocenters. The molecule has 0 saturated carbocycles. The van der Waals surface area contributed by atoms with E-state index in [0.29, 0.717) is 12.8 Å². The number of ether oxygens (including phenoxy) is 3. The summed E-state index contributed by atoms with van der Waals surface area (Å²) >= 11 is 0. The molecule has 7 atom stereocenters. The van der Waals surface area contributed by atoms with Crippen molar-refractivity contribution in [2.24, 2.45) is 0 Å². The molecule has 0 radical (unpaired) electrons. The Bertz CT molecular complexity index is 1650. The number of allylic oxidation sites excluding steroid dienone is 1. The molecule has 18 heteroatoms.